The topological polar surface area (TPSA) is 75.7 Å². The molecule has 140 valence electrons. The number of carbonyl (C=O) groups is 1. The molecule has 0 spiro atoms. The van der Waals surface area contributed by atoms with Crippen molar-refractivity contribution in [2.45, 2.75) is 13.0 Å². The number of nitrogens with zero attached hydrogens (tertiary/aromatic N) is 1. The fourth-order valence-electron chi connectivity index (χ4n) is 2.38. The molecule has 2 aromatic carbocycles. The average molecular weight is 417 g/mol. The molecule has 0 heterocycles. The molecule has 0 saturated carbocycles. The van der Waals surface area contributed by atoms with E-state index in [1.165, 1.54) is 20.1 Å². The lowest BCUT2D eigenvalue weighted by molar-refractivity contribution is -0.116. The second-order valence-corrected chi connectivity index (χ2v) is 8.23. The quantitative estimate of drug-likeness (QED) is 0.776. The Bertz CT molecular complexity index is 919. The van der Waals surface area contributed by atoms with Crippen LogP contribution in [0.3, 0.4) is 0 Å². The Balaban J connectivity index is 2.32. The fourth-order valence-corrected chi connectivity index (χ4v) is 3.84. The van der Waals surface area contributed by atoms with Crippen LogP contribution in [0.4, 0.5) is 11.4 Å². The van der Waals surface area contributed by atoms with Crippen LogP contribution in [0.2, 0.25) is 10.0 Å². The van der Waals surface area contributed by atoms with E-state index < -0.39 is 22.0 Å². The fraction of sp³-hybridized carbons (Fsp3) is 0.235. The number of sulfonamides is 1. The van der Waals surface area contributed by atoms with E-state index in [2.05, 4.69) is 5.32 Å². The van der Waals surface area contributed by atoms with Crippen LogP contribution < -0.4 is 14.4 Å². The third-order valence-electron chi connectivity index (χ3n) is 3.58. The van der Waals surface area contributed by atoms with Gasteiger partial charge in [0, 0.05) is 11.8 Å². The molecule has 0 aliphatic rings. The van der Waals surface area contributed by atoms with E-state index in [4.69, 9.17) is 27.9 Å². The van der Waals surface area contributed by atoms with Crippen molar-refractivity contribution in [3.63, 3.8) is 0 Å². The molecule has 1 atom stereocenters. The highest BCUT2D eigenvalue weighted by atomic mass is 35.5. The summed E-state index contributed by atoms with van der Waals surface area (Å²) >= 11 is 11.8. The predicted molar refractivity (Wildman–Crippen MR) is 105 cm³/mol. The van der Waals surface area contributed by atoms with Gasteiger partial charge in [0.05, 0.1) is 29.1 Å². The number of halogens is 2. The normalized spacial score (nSPS) is 12.3. The van der Waals surface area contributed by atoms with Gasteiger partial charge in [-0.15, -0.1) is 0 Å². The number of nitrogens with one attached hydrogen (secondary N) is 1. The molecule has 0 fully saturated rings. The van der Waals surface area contributed by atoms with E-state index >= 15 is 0 Å². The van der Waals surface area contributed by atoms with Crippen LogP contribution in [0.15, 0.2) is 42.5 Å². The van der Waals surface area contributed by atoms with E-state index in [1.807, 2.05) is 0 Å². The lowest BCUT2D eigenvalue weighted by Gasteiger charge is -2.28. The van der Waals surface area contributed by atoms with Gasteiger partial charge in [0.2, 0.25) is 15.9 Å². The molecule has 0 saturated heterocycles. The number of hydrogen-bond acceptors (Lipinski definition) is 4. The molecule has 9 heteroatoms. The molecule has 0 bridgehead atoms. The van der Waals surface area contributed by atoms with Crippen molar-refractivity contribution in [1.82, 2.24) is 0 Å². The zero-order chi connectivity index (χ0) is 19.5. The first kappa shape index (κ1) is 20.4. The van der Waals surface area contributed by atoms with Gasteiger partial charge in [-0.1, -0.05) is 29.3 Å². The Morgan fingerprint density at radius 3 is 2.42 bits per heavy atom. The number of rotatable bonds is 6. The number of carbonyl (C=O) groups excluding carboxylic acids is 1. The first-order valence-electron chi connectivity index (χ1n) is 7.53. The van der Waals surface area contributed by atoms with Crippen molar-refractivity contribution in [2.75, 3.05) is 23.0 Å². The first-order chi connectivity index (χ1) is 12.1. The summed E-state index contributed by atoms with van der Waals surface area (Å²) in [7, 11) is -2.25. The minimum Gasteiger partial charge on any atom is -0.497 e. The molecule has 0 aliphatic heterocycles. The van der Waals surface area contributed by atoms with E-state index in [9.17, 15) is 13.2 Å². The molecule has 1 amide bonds. The van der Waals surface area contributed by atoms with Crippen molar-refractivity contribution in [1.29, 1.82) is 0 Å². The van der Waals surface area contributed by atoms with Gasteiger partial charge in [-0.05, 0) is 37.3 Å². The standard InChI is InChI=1S/C17H18Cl2N2O4S/c1-11(17(22)20-12-7-8-15(18)16(19)9-12)21(26(3,23)24)13-5-4-6-14(10-13)25-2/h4-11H,1-3H3,(H,20,22)/t11-/m1/s1. The van der Waals surface area contributed by atoms with Crippen LogP contribution in [0.25, 0.3) is 0 Å². The van der Waals surface area contributed by atoms with Gasteiger partial charge in [-0.3, -0.25) is 9.10 Å². The summed E-state index contributed by atoms with van der Waals surface area (Å²) in [6.45, 7) is 1.49. The third-order valence-corrected chi connectivity index (χ3v) is 5.56. The van der Waals surface area contributed by atoms with E-state index in [-0.39, 0.29) is 5.02 Å². The maximum Gasteiger partial charge on any atom is 0.247 e. The Morgan fingerprint density at radius 2 is 1.85 bits per heavy atom. The monoisotopic (exact) mass is 416 g/mol. The molecule has 0 aliphatic carbocycles. The zero-order valence-electron chi connectivity index (χ0n) is 14.4. The van der Waals surface area contributed by atoms with Gasteiger partial charge in [0.1, 0.15) is 11.8 Å². The summed E-state index contributed by atoms with van der Waals surface area (Å²) in [6.07, 6.45) is 1.04. The number of anilines is 2. The number of benzene rings is 2. The molecule has 1 N–H and O–H groups in total. The number of ether oxygens (including phenoxy) is 1. The molecular formula is C17H18Cl2N2O4S. The Labute approximate surface area is 162 Å². The van der Waals surface area contributed by atoms with Gasteiger partial charge >= 0.3 is 0 Å². The van der Waals surface area contributed by atoms with Gasteiger partial charge in [0.15, 0.2) is 0 Å². The molecule has 0 radical (unpaired) electrons. The first-order valence-corrected chi connectivity index (χ1v) is 10.1. The van der Waals surface area contributed by atoms with E-state index in [1.54, 1.807) is 36.4 Å². The molecule has 0 aromatic heterocycles. The summed E-state index contributed by atoms with van der Waals surface area (Å²) in [5.41, 5.74) is 0.735. The van der Waals surface area contributed by atoms with Crippen LogP contribution in [0.5, 0.6) is 5.75 Å². The van der Waals surface area contributed by atoms with Crippen molar-refractivity contribution in [3.05, 3.63) is 52.5 Å². The highest BCUT2D eigenvalue weighted by Crippen LogP contribution is 2.27. The number of hydrogen-bond donors (Lipinski definition) is 1. The minimum atomic E-state index is -3.72. The highest BCUT2D eigenvalue weighted by Gasteiger charge is 2.29. The summed E-state index contributed by atoms with van der Waals surface area (Å²) < 4.78 is 30.7. The van der Waals surface area contributed by atoms with Crippen LogP contribution in [-0.4, -0.2) is 33.7 Å². The van der Waals surface area contributed by atoms with Crippen LogP contribution in [0, 0.1) is 0 Å². The minimum absolute atomic E-state index is 0.282. The molecule has 2 aromatic rings. The average Bonchev–Trinajstić information content (AvgIpc) is 2.57. The third kappa shape index (κ3) is 4.81. The Hall–Kier alpha value is -1.96. The van der Waals surface area contributed by atoms with Gasteiger partial charge in [-0.2, -0.15) is 0 Å². The largest absolute Gasteiger partial charge is 0.497 e. The highest BCUT2D eigenvalue weighted by molar-refractivity contribution is 7.92. The summed E-state index contributed by atoms with van der Waals surface area (Å²) in [6, 6.07) is 10.1. The maximum atomic E-state index is 12.6. The summed E-state index contributed by atoms with van der Waals surface area (Å²) in [4.78, 5) is 12.6. The number of amides is 1. The molecule has 0 unspecified atom stereocenters. The predicted octanol–water partition coefficient (Wildman–Crippen LogP) is 3.80. The van der Waals surface area contributed by atoms with Crippen molar-refractivity contribution in [3.8, 4) is 5.75 Å². The van der Waals surface area contributed by atoms with Crippen LogP contribution in [0.1, 0.15) is 6.92 Å². The van der Waals surface area contributed by atoms with E-state index in [0.717, 1.165) is 10.6 Å². The van der Waals surface area contributed by atoms with E-state index in [0.29, 0.717) is 22.1 Å². The molecular weight excluding hydrogens is 399 g/mol. The van der Waals surface area contributed by atoms with Gasteiger partial charge < -0.3 is 10.1 Å². The molecule has 26 heavy (non-hydrogen) atoms. The Kier molecular flexibility index (Phi) is 6.39. The SMILES string of the molecule is COc1cccc(N([C@H](C)C(=O)Nc2ccc(Cl)c(Cl)c2)S(C)(=O)=O)c1. The van der Waals surface area contributed by atoms with Crippen molar-refractivity contribution < 1.29 is 17.9 Å². The van der Waals surface area contributed by atoms with Crippen molar-refractivity contribution in [2.24, 2.45) is 0 Å². The summed E-state index contributed by atoms with van der Waals surface area (Å²) in [5, 5.41) is 3.28. The molecule has 6 nitrogen and oxygen atoms in total. The summed E-state index contributed by atoms with van der Waals surface area (Å²) in [5.74, 6) is -0.0372. The van der Waals surface area contributed by atoms with Gasteiger partial charge in [-0.25, -0.2) is 8.42 Å². The van der Waals surface area contributed by atoms with Crippen LogP contribution >= 0.6 is 23.2 Å². The van der Waals surface area contributed by atoms with Crippen molar-refractivity contribution >= 4 is 50.5 Å². The lowest BCUT2D eigenvalue weighted by atomic mass is 10.2. The zero-order valence-corrected chi connectivity index (χ0v) is 16.7. The number of methoxy groups -OCH3 is 1. The lowest BCUT2D eigenvalue weighted by Crippen LogP contribution is -2.45. The van der Waals surface area contributed by atoms with Gasteiger partial charge in [0.25, 0.3) is 0 Å². The van der Waals surface area contributed by atoms with Crippen LogP contribution in [-0.2, 0) is 14.8 Å². The maximum absolute atomic E-state index is 12.6. The molecule has 2 rings (SSSR count). The Morgan fingerprint density at radius 1 is 1.15 bits per heavy atom. The smallest absolute Gasteiger partial charge is 0.247 e. The second-order valence-electron chi connectivity index (χ2n) is 5.55. The second kappa shape index (κ2) is 8.16.